The highest BCUT2D eigenvalue weighted by Gasteiger charge is 2.20. The van der Waals surface area contributed by atoms with Gasteiger partial charge in [0.05, 0.1) is 0 Å². The van der Waals surface area contributed by atoms with Gasteiger partial charge in [0.2, 0.25) is 5.82 Å². The number of aryl methyl sites for hydroxylation is 1. The molecule has 0 radical (unpaired) electrons. The highest BCUT2D eigenvalue weighted by Crippen LogP contribution is 2.17. The fraction of sp³-hybridized carbons (Fsp3) is 0.167. The van der Waals surface area contributed by atoms with E-state index in [1.54, 1.807) is 30.3 Å². The van der Waals surface area contributed by atoms with Gasteiger partial charge in [-0.2, -0.15) is 0 Å². The topological polar surface area (TPSA) is 47.8 Å². The van der Waals surface area contributed by atoms with E-state index in [0.29, 0.717) is 12.0 Å². The summed E-state index contributed by atoms with van der Waals surface area (Å²) in [6.07, 6.45) is -2.40. The van der Waals surface area contributed by atoms with Crippen LogP contribution in [0.25, 0.3) is 11.3 Å². The lowest BCUT2D eigenvalue weighted by atomic mass is 10.1. The maximum absolute atomic E-state index is 13.2. The number of rotatable bonds is 5. The molecule has 0 aliphatic heterocycles. The van der Waals surface area contributed by atoms with E-state index in [2.05, 4.69) is 10.2 Å². The van der Waals surface area contributed by atoms with Crippen LogP contribution in [0.5, 0.6) is 0 Å². The summed E-state index contributed by atoms with van der Waals surface area (Å²) < 4.78 is 27.4. The van der Waals surface area contributed by atoms with Crippen molar-refractivity contribution >= 4 is 0 Å². The van der Waals surface area contributed by atoms with Crippen LogP contribution in [0.4, 0.5) is 8.78 Å². The van der Waals surface area contributed by atoms with Crippen molar-refractivity contribution in [1.29, 1.82) is 0 Å². The molecule has 0 unspecified atom stereocenters. The number of hydrogen-bond donors (Lipinski definition) is 0. The van der Waals surface area contributed by atoms with Crippen LogP contribution in [0.3, 0.4) is 0 Å². The average molecular weight is 327 g/mol. The molecule has 1 aromatic heterocycles. The predicted octanol–water partition coefficient (Wildman–Crippen LogP) is 3.49. The minimum absolute atomic E-state index is 0.0769. The zero-order chi connectivity index (χ0) is 16.9. The first-order valence-corrected chi connectivity index (χ1v) is 7.51. The van der Waals surface area contributed by atoms with E-state index in [0.717, 1.165) is 10.1 Å². The third-order valence-electron chi connectivity index (χ3n) is 3.69. The number of aromatic nitrogens is 3. The molecule has 0 saturated heterocycles. The summed E-state index contributed by atoms with van der Waals surface area (Å²) >= 11 is 0. The van der Waals surface area contributed by atoms with E-state index in [1.165, 1.54) is 0 Å². The molecule has 4 nitrogen and oxygen atoms in total. The molecule has 0 saturated carbocycles. The minimum Gasteiger partial charge on any atom is -0.288 e. The Bertz CT molecular complexity index is 864. The van der Waals surface area contributed by atoms with Gasteiger partial charge in [-0.1, -0.05) is 60.7 Å². The zero-order valence-corrected chi connectivity index (χ0v) is 12.8. The van der Waals surface area contributed by atoms with Crippen LogP contribution >= 0.6 is 0 Å². The van der Waals surface area contributed by atoms with Crippen LogP contribution in [0.1, 0.15) is 17.8 Å². The van der Waals surface area contributed by atoms with E-state index in [9.17, 15) is 13.6 Å². The highest BCUT2D eigenvalue weighted by atomic mass is 19.3. The number of benzene rings is 2. The molecule has 0 bridgehead atoms. The Kier molecular flexibility index (Phi) is 4.74. The van der Waals surface area contributed by atoms with E-state index in [-0.39, 0.29) is 12.2 Å². The predicted molar refractivity (Wildman–Crippen MR) is 86.8 cm³/mol. The third-order valence-corrected chi connectivity index (χ3v) is 3.69. The molecule has 1 heterocycles. The molecule has 0 aliphatic carbocycles. The van der Waals surface area contributed by atoms with Crippen molar-refractivity contribution in [2.24, 2.45) is 0 Å². The average Bonchev–Trinajstić information content (AvgIpc) is 2.62. The van der Waals surface area contributed by atoms with Gasteiger partial charge in [-0.05, 0) is 12.0 Å². The molecule has 24 heavy (non-hydrogen) atoms. The SMILES string of the molecule is O=c1c(-c2ccccc2)nnc(C(F)F)n1CCc1ccccc1. The van der Waals surface area contributed by atoms with E-state index < -0.39 is 17.8 Å². The maximum Gasteiger partial charge on any atom is 0.297 e. The number of alkyl halides is 2. The first kappa shape index (κ1) is 16.0. The molecular formula is C18H15F2N3O. The van der Waals surface area contributed by atoms with Crippen LogP contribution in [0, 0.1) is 0 Å². The van der Waals surface area contributed by atoms with Crippen LogP contribution in [-0.2, 0) is 13.0 Å². The Morgan fingerprint density at radius 3 is 2.17 bits per heavy atom. The van der Waals surface area contributed by atoms with Crippen LogP contribution < -0.4 is 5.56 Å². The van der Waals surface area contributed by atoms with Crippen LogP contribution in [0.15, 0.2) is 65.5 Å². The molecule has 122 valence electrons. The summed E-state index contributed by atoms with van der Waals surface area (Å²) in [4.78, 5) is 12.6. The summed E-state index contributed by atoms with van der Waals surface area (Å²) in [6.45, 7) is 0.123. The van der Waals surface area contributed by atoms with Gasteiger partial charge < -0.3 is 0 Å². The Morgan fingerprint density at radius 1 is 0.917 bits per heavy atom. The Balaban J connectivity index is 2.00. The summed E-state index contributed by atoms with van der Waals surface area (Å²) in [7, 11) is 0. The first-order chi connectivity index (χ1) is 11.7. The largest absolute Gasteiger partial charge is 0.297 e. The number of halogens is 2. The van der Waals surface area contributed by atoms with E-state index in [4.69, 9.17) is 0 Å². The molecule has 0 fully saturated rings. The number of nitrogens with zero attached hydrogens (tertiary/aromatic N) is 3. The van der Waals surface area contributed by atoms with Gasteiger partial charge in [0.15, 0.2) is 5.69 Å². The van der Waals surface area contributed by atoms with Gasteiger partial charge in [0, 0.05) is 12.1 Å². The van der Waals surface area contributed by atoms with Gasteiger partial charge in [0.1, 0.15) is 0 Å². The smallest absolute Gasteiger partial charge is 0.288 e. The molecule has 0 spiro atoms. The third kappa shape index (κ3) is 3.37. The lowest BCUT2D eigenvalue weighted by molar-refractivity contribution is 0.131. The minimum atomic E-state index is -2.86. The van der Waals surface area contributed by atoms with Crippen molar-refractivity contribution in [2.45, 2.75) is 19.4 Å². The zero-order valence-electron chi connectivity index (χ0n) is 12.8. The molecule has 0 atom stereocenters. The van der Waals surface area contributed by atoms with Gasteiger partial charge in [-0.25, -0.2) is 8.78 Å². The summed E-state index contributed by atoms with van der Waals surface area (Å²) in [5, 5.41) is 7.31. The van der Waals surface area contributed by atoms with E-state index >= 15 is 0 Å². The molecule has 0 aliphatic rings. The lowest BCUT2D eigenvalue weighted by Crippen LogP contribution is -2.29. The van der Waals surface area contributed by atoms with Crippen molar-refractivity contribution < 1.29 is 8.78 Å². The van der Waals surface area contributed by atoms with Crippen molar-refractivity contribution in [1.82, 2.24) is 14.8 Å². The first-order valence-electron chi connectivity index (χ1n) is 7.51. The van der Waals surface area contributed by atoms with Crippen molar-refractivity contribution in [3.05, 3.63) is 82.4 Å². The van der Waals surface area contributed by atoms with Crippen molar-refractivity contribution in [3.63, 3.8) is 0 Å². The van der Waals surface area contributed by atoms with Crippen LogP contribution in [-0.4, -0.2) is 14.8 Å². The summed E-state index contributed by atoms with van der Waals surface area (Å²) in [6, 6.07) is 18.1. The van der Waals surface area contributed by atoms with Crippen LogP contribution in [0.2, 0.25) is 0 Å². The number of hydrogen-bond acceptors (Lipinski definition) is 3. The quantitative estimate of drug-likeness (QED) is 0.721. The van der Waals surface area contributed by atoms with Crippen molar-refractivity contribution in [3.8, 4) is 11.3 Å². The monoisotopic (exact) mass is 327 g/mol. The molecule has 2 aromatic carbocycles. The molecule has 0 amide bonds. The second-order valence-electron chi connectivity index (χ2n) is 5.27. The van der Waals surface area contributed by atoms with E-state index in [1.807, 2.05) is 30.3 Å². The fourth-order valence-corrected chi connectivity index (χ4v) is 2.47. The molecule has 0 N–H and O–H groups in total. The summed E-state index contributed by atoms with van der Waals surface area (Å²) in [5.41, 5.74) is 1.04. The molecule has 3 aromatic rings. The van der Waals surface area contributed by atoms with Gasteiger partial charge in [0.25, 0.3) is 12.0 Å². The summed E-state index contributed by atoms with van der Waals surface area (Å²) in [5.74, 6) is -0.601. The van der Waals surface area contributed by atoms with Gasteiger partial charge >= 0.3 is 0 Å². The molecule has 6 heteroatoms. The maximum atomic E-state index is 13.2. The molecular weight excluding hydrogens is 312 g/mol. The van der Waals surface area contributed by atoms with Gasteiger partial charge in [-0.15, -0.1) is 10.2 Å². The highest BCUT2D eigenvalue weighted by molar-refractivity contribution is 5.57. The molecule has 3 rings (SSSR count). The second-order valence-corrected chi connectivity index (χ2v) is 5.27. The second kappa shape index (κ2) is 7.12. The van der Waals surface area contributed by atoms with Crippen molar-refractivity contribution in [2.75, 3.05) is 0 Å². The Labute approximate surface area is 137 Å². The Hall–Kier alpha value is -2.89. The standard InChI is InChI=1S/C18H15F2N3O/c19-16(20)17-22-21-15(14-9-5-2-6-10-14)18(24)23(17)12-11-13-7-3-1-4-8-13/h1-10,16H,11-12H2. The fourth-order valence-electron chi connectivity index (χ4n) is 2.47. The normalized spacial score (nSPS) is 11.0. The van der Waals surface area contributed by atoms with Gasteiger partial charge in [-0.3, -0.25) is 9.36 Å². The lowest BCUT2D eigenvalue weighted by Gasteiger charge is -2.12. The Morgan fingerprint density at radius 2 is 1.54 bits per heavy atom.